The molecular formula is C28H39ClFN5O4. The van der Waals surface area contributed by atoms with Crippen LogP contribution in [-0.2, 0) is 14.1 Å². The van der Waals surface area contributed by atoms with E-state index in [2.05, 4.69) is 21.5 Å². The normalized spacial score (nSPS) is 19.9. The molecular weight excluding hydrogens is 525 g/mol. The number of hydrogen-bond donors (Lipinski definition) is 3. The molecule has 3 atom stereocenters. The first kappa shape index (κ1) is 30.6. The van der Waals surface area contributed by atoms with E-state index in [1.807, 2.05) is 11.7 Å². The van der Waals surface area contributed by atoms with Crippen LogP contribution in [0.25, 0.3) is 0 Å². The lowest BCUT2D eigenvalue weighted by atomic mass is 10.00. The molecule has 2 aliphatic rings. The maximum absolute atomic E-state index is 12.9. The minimum Gasteiger partial charge on any atom is -0.474 e. The van der Waals surface area contributed by atoms with E-state index < -0.39 is 11.4 Å². The Morgan fingerprint density at radius 3 is 2.44 bits per heavy atom. The van der Waals surface area contributed by atoms with E-state index in [0.717, 1.165) is 18.9 Å². The van der Waals surface area contributed by atoms with E-state index in [1.54, 1.807) is 25.5 Å². The van der Waals surface area contributed by atoms with E-state index in [1.165, 1.54) is 68.5 Å². The number of fused-ring (bicyclic) bond motifs is 1. The third-order valence-corrected chi connectivity index (χ3v) is 7.39. The number of halogens is 2. The number of anilines is 1. The quantitative estimate of drug-likeness (QED) is 0.391. The van der Waals surface area contributed by atoms with Gasteiger partial charge in [0.1, 0.15) is 18.1 Å². The zero-order valence-corrected chi connectivity index (χ0v) is 24.0. The summed E-state index contributed by atoms with van der Waals surface area (Å²) in [5, 5.41) is 23.7. The highest BCUT2D eigenvalue weighted by atomic mass is 35.5. The minimum absolute atomic E-state index is 0.0344. The van der Waals surface area contributed by atoms with Crippen LogP contribution < -0.4 is 10.1 Å². The SMILES string of the molecule is CO.Cn1cncc1C(=O)Nc1ccc(F)c(Cl)c1.Cn1nc(OCC(C)(C)O)cc1C1C[C@H]2CCC[C@H]2C1. The second-order valence-electron chi connectivity index (χ2n) is 10.7. The first-order valence-corrected chi connectivity index (χ1v) is 13.4. The maximum Gasteiger partial charge on any atom is 0.273 e. The van der Waals surface area contributed by atoms with Crippen molar-refractivity contribution < 1.29 is 24.1 Å². The van der Waals surface area contributed by atoms with Crippen LogP contribution in [-0.4, -0.2) is 54.8 Å². The summed E-state index contributed by atoms with van der Waals surface area (Å²) >= 11 is 5.61. The topological polar surface area (TPSA) is 114 Å². The van der Waals surface area contributed by atoms with Crippen molar-refractivity contribution in [2.75, 3.05) is 19.0 Å². The number of aryl methyl sites for hydroxylation is 2. The van der Waals surface area contributed by atoms with Crippen LogP contribution in [0.15, 0.2) is 36.8 Å². The molecule has 0 bridgehead atoms. The van der Waals surface area contributed by atoms with E-state index in [-0.39, 0.29) is 17.5 Å². The summed E-state index contributed by atoms with van der Waals surface area (Å²) in [5.74, 6) is 2.31. The Bertz CT molecular complexity index is 1230. The van der Waals surface area contributed by atoms with Gasteiger partial charge in [0.2, 0.25) is 5.88 Å². The number of nitrogens with zero attached hydrogens (tertiary/aromatic N) is 4. The second kappa shape index (κ2) is 13.4. The van der Waals surface area contributed by atoms with Gasteiger partial charge in [-0.15, -0.1) is 5.10 Å². The molecule has 2 aromatic heterocycles. The number of aromatic nitrogens is 4. The Morgan fingerprint density at radius 2 is 1.87 bits per heavy atom. The summed E-state index contributed by atoms with van der Waals surface area (Å²) in [6.07, 6.45) is 9.85. The smallest absolute Gasteiger partial charge is 0.273 e. The fourth-order valence-corrected chi connectivity index (χ4v) is 5.49. The van der Waals surface area contributed by atoms with Gasteiger partial charge in [-0.25, -0.2) is 9.37 Å². The maximum atomic E-state index is 12.9. The zero-order chi connectivity index (χ0) is 28.7. The van der Waals surface area contributed by atoms with Crippen molar-refractivity contribution in [2.45, 2.75) is 57.5 Å². The molecule has 11 heteroatoms. The molecule has 0 radical (unpaired) electrons. The van der Waals surface area contributed by atoms with Gasteiger partial charge in [-0.3, -0.25) is 9.48 Å². The number of ether oxygens (including phenoxy) is 1. The zero-order valence-electron chi connectivity index (χ0n) is 23.2. The van der Waals surface area contributed by atoms with E-state index in [9.17, 15) is 14.3 Å². The van der Waals surface area contributed by atoms with Crippen molar-refractivity contribution in [3.05, 3.63) is 59.0 Å². The van der Waals surface area contributed by atoms with Crippen molar-refractivity contribution in [1.82, 2.24) is 19.3 Å². The highest BCUT2D eigenvalue weighted by Crippen LogP contribution is 2.50. The second-order valence-corrected chi connectivity index (χ2v) is 11.1. The summed E-state index contributed by atoms with van der Waals surface area (Å²) < 4.78 is 22.1. The van der Waals surface area contributed by atoms with Gasteiger partial charge in [0.25, 0.3) is 5.91 Å². The number of aliphatic hydroxyl groups excluding tert-OH is 1. The summed E-state index contributed by atoms with van der Waals surface area (Å²) in [7, 11) is 4.71. The first-order chi connectivity index (χ1) is 18.5. The highest BCUT2D eigenvalue weighted by Gasteiger charge is 2.39. The van der Waals surface area contributed by atoms with Crippen molar-refractivity contribution in [3.8, 4) is 5.88 Å². The molecule has 1 unspecified atom stereocenters. The van der Waals surface area contributed by atoms with Crippen LogP contribution >= 0.6 is 11.6 Å². The fourth-order valence-electron chi connectivity index (χ4n) is 5.31. The molecule has 2 heterocycles. The van der Waals surface area contributed by atoms with E-state index in [0.29, 0.717) is 23.2 Å². The third-order valence-electron chi connectivity index (χ3n) is 7.10. The number of carbonyl (C=O) groups is 1. The Labute approximate surface area is 234 Å². The highest BCUT2D eigenvalue weighted by molar-refractivity contribution is 6.31. The lowest BCUT2D eigenvalue weighted by Gasteiger charge is -2.16. The van der Waals surface area contributed by atoms with Gasteiger partial charge in [-0.1, -0.05) is 30.9 Å². The summed E-state index contributed by atoms with van der Waals surface area (Å²) in [6.45, 7) is 3.77. The summed E-state index contributed by atoms with van der Waals surface area (Å²) in [6, 6.07) is 6.05. The molecule has 0 saturated heterocycles. The molecule has 9 nitrogen and oxygen atoms in total. The molecule has 5 rings (SSSR count). The van der Waals surface area contributed by atoms with Crippen LogP contribution in [0.2, 0.25) is 5.02 Å². The van der Waals surface area contributed by atoms with E-state index >= 15 is 0 Å². The van der Waals surface area contributed by atoms with Crippen molar-refractivity contribution >= 4 is 23.2 Å². The average molecular weight is 564 g/mol. The number of carbonyl (C=O) groups excluding carboxylic acids is 1. The molecule has 2 fully saturated rings. The molecule has 39 heavy (non-hydrogen) atoms. The number of rotatable bonds is 6. The van der Waals surface area contributed by atoms with Crippen molar-refractivity contribution in [1.29, 1.82) is 0 Å². The molecule has 3 N–H and O–H groups in total. The minimum atomic E-state index is -0.817. The molecule has 2 aliphatic carbocycles. The van der Waals surface area contributed by atoms with Crippen LogP contribution in [0.1, 0.15) is 68.1 Å². The number of amides is 1. The van der Waals surface area contributed by atoms with Gasteiger partial charge in [0, 0.05) is 44.6 Å². The fraction of sp³-hybridized carbons (Fsp3) is 0.536. The molecule has 0 spiro atoms. The van der Waals surface area contributed by atoms with Gasteiger partial charge in [-0.05, 0) is 56.7 Å². The number of hydrogen-bond acceptors (Lipinski definition) is 6. The van der Waals surface area contributed by atoms with Crippen LogP contribution in [0.3, 0.4) is 0 Å². The van der Waals surface area contributed by atoms with Crippen molar-refractivity contribution in [3.63, 3.8) is 0 Å². The Kier molecular flexibility index (Phi) is 10.5. The first-order valence-electron chi connectivity index (χ1n) is 13.1. The van der Waals surface area contributed by atoms with Crippen LogP contribution in [0.4, 0.5) is 10.1 Å². The van der Waals surface area contributed by atoms with E-state index in [4.69, 9.17) is 21.4 Å². The van der Waals surface area contributed by atoms with Crippen molar-refractivity contribution in [2.24, 2.45) is 25.9 Å². The van der Waals surface area contributed by atoms with Gasteiger partial charge in [0.15, 0.2) is 0 Å². The van der Waals surface area contributed by atoms with Gasteiger partial charge < -0.3 is 24.8 Å². The standard InChI is InChI=1S/C16H26N2O2.C11H9ClFN3O.CH4O/c1-16(2,19)10-20-15-9-14(18(3)17-15)13-7-11-5-4-6-12(11)8-13;1-16-6-14-5-10(16)11(17)15-7-2-3-9(13)8(12)4-7;1-2/h9,11-13,19H,4-8,10H2,1-3H3;2-6H,1H3,(H,15,17);2H,1H3/t11-,12+,13?;;. The van der Waals surface area contributed by atoms with Gasteiger partial charge >= 0.3 is 0 Å². The lowest BCUT2D eigenvalue weighted by Crippen LogP contribution is -2.27. The predicted molar refractivity (Wildman–Crippen MR) is 149 cm³/mol. The molecule has 1 aromatic carbocycles. The Morgan fingerprint density at radius 1 is 1.21 bits per heavy atom. The molecule has 2 saturated carbocycles. The Hall–Kier alpha value is -2.95. The number of imidazole rings is 1. The van der Waals surface area contributed by atoms with Gasteiger partial charge in [0.05, 0.1) is 23.1 Å². The molecule has 214 valence electrons. The predicted octanol–water partition coefficient (Wildman–Crippen LogP) is 4.94. The van der Waals surface area contributed by atoms with Crippen LogP contribution in [0.5, 0.6) is 5.88 Å². The number of aliphatic hydroxyl groups is 2. The van der Waals surface area contributed by atoms with Crippen LogP contribution in [0, 0.1) is 17.7 Å². The summed E-state index contributed by atoms with van der Waals surface area (Å²) in [4.78, 5) is 15.6. The monoisotopic (exact) mass is 563 g/mol. The summed E-state index contributed by atoms with van der Waals surface area (Å²) in [5.41, 5.74) is 1.32. The third kappa shape index (κ3) is 8.27. The molecule has 3 aromatic rings. The Balaban J connectivity index is 0.000000205. The molecule has 0 aliphatic heterocycles. The number of nitrogens with one attached hydrogen (secondary N) is 1. The molecule has 1 amide bonds. The van der Waals surface area contributed by atoms with Gasteiger partial charge in [-0.2, -0.15) is 0 Å². The largest absolute Gasteiger partial charge is 0.474 e. The number of benzene rings is 1. The lowest BCUT2D eigenvalue weighted by molar-refractivity contribution is 0.0266. The average Bonchev–Trinajstić information content (AvgIpc) is 3.66.